The van der Waals surface area contributed by atoms with Gasteiger partial charge in [-0.3, -0.25) is 9.40 Å². The molecule has 0 radical (unpaired) electrons. The molecule has 4 rings (SSSR count). The normalized spacial score (nSPS) is 14.0. The molecular weight excluding hydrogens is 579 g/mol. The van der Waals surface area contributed by atoms with Crippen LogP contribution in [0.3, 0.4) is 0 Å². The standard InChI is InChI=1S/C33H41N4O6P/c1-6-40-44(39,7-2)41-24-23-29(43-36-31(38)42-32(3,4)5)30-34-25-37(35-30)33(26-17-11-8-12-18-26,27-19-13-9-14-20-27)28-21-15-10-16-22-28/h8-22,25,29H,6-7,23-24H2,1-5H3,(H,36,38). The van der Waals surface area contributed by atoms with Crippen LogP contribution < -0.4 is 5.48 Å². The van der Waals surface area contributed by atoms with Crippen molar-refractivity contribution in [2.24, 2.45) is 0 Å². The van der Waals surface area contributed by atoms with Gasteiger partial charge in [0.05, 0.1) is 13.2 Å². The number of benzene rings is 3. The van der Waals surface area contributed by atoms with Crippen LogP contribution in [-0.2, 0) is 28.7 Å². The van der Waals surface area contributed by atoms with Crippen molar-refractivity contribution >= 4 is 13.7 Å². The second-order valence-corrected chi connectivity index (χ2v) is 13.4. The van der Waals surface area contributed by atoms with Gasteiger partial charge in [0.15, 0.2) is 5.82 Å². The van der Waals surface area contributed by atoms with Gasteiger partial charge in [0, 0.05) is 12.6 Å². The maximum absolute atomic E-state index is 12.9. The van der Waals surface area contributed by atoms with E-state index in [1.807, 2.05) is 59.3 Å². The van der Waals surface area contributed by atoms with E-state index in [-0.39, 0.29) is 25.8 Å². The molecule has 0 fully saturated rings. The molecule has 11 heteroatoms. The van der Waals surface area contributed by atoms with E-state index in [4.69, 9.17) is 23.7 Å². The predicted octanol–water partition coefficient (Wildman–Crippen LogP) is 7.27. The Morgan fingerprint density at radius 2 is 1.39 bits per heavy atom. The first-order chi connectivity index (χ1) is 21.1. The number of carbonyl (C=O) groups is 1. The molecule has 0 aliphatic carbocycles. The zero-order valence-electron chi connectivity index (χ0n) is 25.9. The summed E-state index contributed by atoms with van der Waals surface area (Å²) in [5.74, 6) is 0.291. The van der Waals surface area contributed by atoms with Gasteiger partial charge in [0.1, 0.15) is 23.6 Å². The molecule has 0 aliphatic heterocycles. The third kappa shape index (κ3) is 8.01. The van der Waals surface area contributed by atoms with E-state index in [1.54, 1.807) is 40.9 Å². The van der Waals surface area contributed by atoms with Crippen LogP contribution in [-0.4, -0.2) is 45.8 Å². The first-order valence-electron chi connectivity index (χ1n) is 14.7. The Morgan fingerprint density at radius 3 is 1.84 bits per heavy atom. The lowest BCUT2D eigenvalue weighted by molar-refractivity contribution is -0.0531. The molecule has 2 atom stereocenters. The molecule has 1 amide bonds. The van der Waals surface area contributed by atoms with Crippen molar-refractivity contribution in [3.05, 3.63) is 120 Å². The number of hydrogen-bond donors (Lipinski definition) is 1. The Kier molecular flexibility index (Phi) is 11.1. The van der Waals surface area contributed by atoms with E-state index in [0.717, 1.165) is 16.7 Å². The summed E-state index contributed by atoms with van der Waals surface area (Å²) in [4.78, 5) is 23.0. The SMILES string of the molecule is CCOP(=O)(CC)OCCC(ONC(=O)OC(C)(C)C)c1ncn(C(c2ccccc2)(c2ccccc2)c2ccccc2)n1. The lowest BCUT2D eigenvalue weighted by Crippen LogP contribution is -2.38. The number of nitrogens with zero attached hydrogens (tertiary/aromatic N) is 3. The number of rotatable bonds is 14. The predicted molar refractivity (Wildman–Crippen MR) is 168 cm³/mol. The number of carbonyl (C=O) groups excluding carboxylic acids is 1. The van der Waals surface area contributed by atoms with Gasteiger partial charge < -0.3 is 13.8 Å². The smallest absolute Gasteiger partial charge is 0.431 e. The lowest BCUT2D eigenvalue weighted by atomic mass is 9.77. The highest BCUT2D eigenvalue weighted by Gasteiger charge is 2.40. The molecule has 2 unspecified atom stereocenters. The van der Waals surface area contributed by atoms with Crippen molar-refractivity contribution in [1.82, 2.24) is 20.2 Å². The van der Waals surface area contributed by atoms with Gasteiger partial charge in [0.25, 0.3) is 0 Å². The molecule has 1 N–H and O–H groups in total. The lowest BCUT2D eigenvalue weighted by Gasteiger charge is -2.36. The van der Waals surface area contributed by atoms with E-state index in [1.165, 1.54) is 0 Å². The molecule has 10 nitrogen and oxygen atoms in total. The second kappa shape index (κ2) is 14.8. The van der Waals surface area contributed by atoms with Gasteiger partial charge in [-0.15, -0.1) is 0 Å². The van der Waals surface area contributed by atoms with Crippen LogP contribution in [0.1, 0.15) is 69.7 Å². The largest absolute Gasteiger partial charge is 0.442 e. The molecule has 0 bridgehead atoms. The van der Waals surface area contributed by atoms with Crippen LogP contribution in [0, 0.1) is 0 Å². The summed E-state index contributed by atoms with van der Waals surface area (Å²) in [5, 5.41) is 4.97. The highest BCUT2D eigenvalue weighted by atomic mass is 31.2. The fraction of sp³-hybridized carbons (Fsp3) is 0.364. The van der Waals surface area contributed by atoms with Crippen LogP contribution >= 0.6 is 7.60 Å². The van der Waals surface area contributed by atoms with Crippen LogP contribution in [0.5, 0.6) is 0 Å². The summed E-state index contributed by atoms with van der Waals surface area (Å²) >= 11 is 0. The van der Waals surface area contributed by atoms with Crippen molar-refractivity contribution in [3.8, 4) is 0 Å². The van der Waals surface area contributed by atoms with Crippen LogP contribution in [0.15, 0.2) is 97.3 Å². The van der Waals surface area contributed by atoms with Crippen molar-refractivity contribution in [2.75, 3.05) is 19.4 Å². The Bertz CT molecular complexity index is 1410. The molecule has 0 saturated heterocycles. The summed E-state index contributed by atoms with van der Waals surface area (Å²) in [5.41, 5.74) is 3.67. The Morgan fingerprint density at radius 1 is 0.864 bits per heavy atom. The van der Waals surface area contributed by atoms with Crippen molar-refractivity contribution in [3.63, 3.8) is 0 Å². The number of aromatic nitrogens is 3. The third-order valence-corrected chi connectivity index (χ3v) is 8.78. The molecule has 1 heterocycles. The molecule has 1 aromatic heterocycles. The Hall–Kier alpha value is -3.82. The number of hydrogen-bond acceptors (Lipinski definition) is 8. The molecule has 0 saturated carbocycles. The first kappa shape index (κ1) is 33.1. The van der Waals surface area contributed by atoms with Crippen molar-refractivity contribution in [1.29, 1.82) is 0 Å². The Labute approximate surface area is 259 Å². The number of ether oxygens (including phenoxy) is 1. The minimum Gasteiger partial charge on any atom is -0.442 e. The molecule has 3 aromatic carbocycles. The van der Waals surface area contributed by atoms with E-state index in [0.29, 0.717) is 5.82 Å². The van der Waals surface area contributed by atoms with Crippen molar-refractivity contribution < 1.29 is 28.0 Å². The van der Waals surface area contributed by atoms with Gasteiger partial charge in [-0.2, -0.15) is 10.6 Å². The average Bonchev–Trinajstić information content (AvgIpc) is 3.50. The third-order valence-electron chi connectivity index (χ3n) is 6.78. The molecular formula is C33H41N4O6P. The van der Waals surface area contributed by atoms with Gasteiger partial charge in [0.2, 0.25) is 0 Å². The van der Waals surface area contributed by atoms with Gasteiger partial charge in [-0.25, -0.2) is 14.5 Å². The highest BCUT2D eigenvalue weighted by molar-refractivity contribution is 7.53. The molecule has 44 heavy (non-hydrogen) atoms. The number of nitrogens with one attached hydrogen (secondary N) is 1. The van der Waals surface area contributed by atoms with Crippen LogP contribution in [0.25, 0.3) is 0 Å². The number of hydroxylamine groups is 1. The van der Waals surface area contributed by atoms with E-state index in [2.05, 4.69) is 46.9 Å². The maximum Gasteiger partial charge on any atom is 0.431 e. The quantitative estimate of drug-likeness (QED) is 0.0890. The monoisotopic (exact) mass is 620 g/mol. The summed E-state index contributed by atoms with van der Waals surface area (Å²) in [7, 11) is -3.27. The first-order valence-corrected chi connectivity index (χ1v) is 16.5. The van der Waals surface area contributed by atoms with E-state index < -0.39 is 30.9 Å². The van der Waals surface area contributed by atoms with Crippen LogP contribution in [0.2, 0.25) is 0 Å². The zero-order chi connectivity index (χ0) is 31.6. The second-order valence-electron chi connectivity index (χ2n) is 11.0. The van der Waals surface area contributed by atoms with Gasteiger partial charge >= 0.3 is 13.7 Å². The minimum absolute atomic E-state index is 0.0154. The fourth-order valence-electron chi connectivity index (χ4n) is 4.89. The zero-order valence-corrected chi connectivity index (χ0v) is 26.8. The molecule has 0 spiro atoms. The van der Waals surface area contributed by atoms with E-state index in [9.17, 15) is 9.36 Å². The van der Waals surface area contributed by atoms with Crippen LogP contribution in [0.4, 0.5) is 4.79 Å². The molecule has 4 aromatic rings. The summed E-state index contributed by atoms with van der Waals surface area (Å²) in [6.45, 7) is 9.05. The van der Waals surface area contributed by atoms with Crippen molar-refractivity contribution in [2.45, 2.75) is 58.3 Å². The van der Waals surface area contributed by atoms with E-state index >= 15 is 0 Å². The summed E-state index contributed by atoms with van der Waals surface area (Å²) in [6, 6.07) is 30.2. The highest BCUT2D eigenvalue weighted by Crippen LogP contribution is 2.48. The number of amides is 1. The average molecular weight is 621 g/mol. The fourth-order valence-corrected chi connectivity index (χ4v) is 6.11. The summed E-state index contributed by atoms with van der Waals surface area (Å²) < 4.78 is 31.1. The molecule has 234 valence electrons. The summed E-state index contributed by atoms with van der Waals surface area (Å²) in [6.07, 6.45) is 0.429. The maximum atomic E-state index is 12.9. The van der Waals surface area contributed by atoms with Gasteiger partial charge in [-0.1, -0.05) is 97.9 Å². The van der Waals surface area contributed by atoms with Gasteiger partial charge in [-0.05, 0) is 44.4 Å². The molecule has 0 aliphatic rings. The Balaban J connectivity index is 1.76. The minimum atomic E-state index is -3.27. The topological polar surface area (TPSA) is 114 Å².